The summed E-state index contributed by atoms with van der Waals surface area (Å²) >= 11 is 8.25. The molecule has 3 aromatic rings. The van der Waals surface area contributed by atoms with Gasteiger partial charge >= 0.3 is 0 Å². The van der Waals surface area contributed by atoms with Crippen LogP contribution in [0, 0.1) is 3.57 Å². The van der Waals surface area contributed by atoms with Crippen LogP contribution in [0.5, 0.6) is 0 Å². The molecule has 2 amide bonds. The van der Waals surface area contributed by atoms with Crippen molar-refractivity contribution in [2.45, 2.75) is 69.0 Å². The van der Waals surface area contributed by atoms with E-state index in [0.29, 0.717) is 17.1 Å². The highest BCUT2D eigenvalue weighted by atomic mass is 127. The van der Waals surface area contributed by atoms with Gasteiger partial charge in [0, 0.05) is 21.2 Å². The third-order valence-corrected chi connectivity index (χ3v) is 10.1. The summed E-state index contributed by atoms with van der Waals surface area (Å²) in [5, 5.41) is 3.72. The van der Waals surface area contributed by atoms with Crippen LogP contribution in [0.15, 0.2) is 83.8 Å². The van der Waals surface area contributed by atoms with Crippen LogP contribution >= 0.6 is 34.2 Å². The number of hydrogen-bond acceptors (Lipinski definition) is 4. The lowest BCUT2D eigenvalue weighted by Crippen LogP contribution is -2.54. The first-order chi connectivity index (χ1) is 19.7. The Balaban J connectivity index is 1.68. The molecule has 0 radical (unpaired) electrons. The minimum absolute atomic E-state index is 0.0812. The molecule has 218 valence electrons. The Labute approximate surface area is 261 Å². The average molecular weight is 708 g/mol. The van der Waals surface area contributed by atoms with Crippen molar-refractivity contribution in [3.8, 4) is 0 Å². The number of rotatable bonds is 11. The second kappa shape index (κ2) is 14.5. The maximum Gasteiger partial charge on any atom is 0.264 e. The SMILES string of the molecule is CC[C@H](C(=O)NC1CCCCC1)N(Cc1ccc(Cl)cc1)C(=O)CN(c1ccc(I)cc1)S(=O)(=O)c1ccccc1. The Bertz CT molecular complexity index is 1410. The van der Waals surface area contributed by atoms with E-state index in [4.69, 9.17) is 11.6 Å². The number of benzene rings is 3. The lowest BCUT2D eigenvalue weighted by Gasteiger charge is -2.34. The number of nitrogens with zero attached hydrogens (tertiary/aromatic N) is 2. The van der Waals surface area contributed by atoms with Crippen molar-refractivity contribution in [3.63, 3.8) is 0 Å². The number of carbonyl (C=O) groups is 2. The highest BCUT2D eigenvalue weighted by molar-refractivity contribution is 14.1. The van der Waals surface area contributed by atoms with Gasteiger partial charge in [-0.25, -0.2) is 8.42 Å². The maximum atomic E-state index is 14.2. The Morgan fingerprint density at radius 1 is 0.951 bits per heavy atom. The highest BCUT2D eigenvalue weighted by Crippen LogP contribution is 2.26. The molecule has 4 rings (SSSR count). The van der Waals surface area contributed by atoms with Crippen LogP contribution in [-0.2, 0) is 26.2 Å². The highest BCUT2D eigenvalue weighted by Gasteiger charge is 2.34. The number of amides is 2. The third-order valence-electron chi connectivity index (χ3n) is 7.33. The van der Waals surface area contributed by atoms with Crippen molar-refractivity contribution >= 4 is 61.7 Å². The van der Waals surface area contributed by atoms with Crippen LogP contribution in [0.25, 0.3) is 0 Å². The summed E-state index contributed by atoms with van der Waals surface area (Å²) in [6.07, 6.45) is 5.52. The van der Waals surface area contributed by atoms with Crippen molar-refractivity contribution in [1.82, 2.24) is 10.2 Å². The number of halogens is 2. The molecule has 10 heteroatoms. The van der Waals surface area contributed by atoms with E-state index in [9.17, 15) is 18.0 Å². The Morgan fingerprint density at radius 3 is 2.20 bits per heavy atom. The minimum atomic E-state index is -4.08. The fraction of sp³-hybridized carbons (Fsp3) is 0.355. The summed E-state index contributed by atoms with van der Waals surface area (Å²) in [5.41, 5.74) is 1.16. The monoisotopic (exact) mass is 707 g/mol. The van der Waals surface area contributed by atoms with Crippen LogP contribution in [-0.4, -0.2) is 43.8 Å². The molecule has 41 heavy (non-hydrogen) atoms. The molecule has 1 fully saturated rings. The minimum Gasteiger partial charge on any atom is -0.352 e. The van der Waals surface area contributed by atoms with Gasteiger partial charge in [-0.15, -0.1) is 0 Å². The van der Waals surface area contributed by atoms with Gasteiger partial charge in [-0.05, 0) is 95.9 Å². The van der Waals surface area contributed by atoms with Crippen molar-refractivity contribution in [2.75, 3.05) is 10.8 Å². The fourth-order valence-electron chi connectivity index (χ4n) is 5.11. The first kappa shape index (κ1) is 31.3. The van der Waals surface area contributed by atoms with Gasteiger partial charge in [0.1, 0.15) is 12.6 Å². The maximum absolute atomic E-state index is 14.2. The van der Waals surface area contributed by atoms with E-state index in [1.54, 1.807) is 54.6 Å². The summed E-state index contributed by atoms with van der Waals surface area (Å²) in [6, 6.07) is 21.4. The third kappa shape index (κ3) is 8.23. The Kier molecular flexibility index (Phi) is 11.1. The fourth-order valence-corrected chi connectivity index (χ4v) is 7.03. The second-order valence-corrected chi connectivity index (χ2v) is 13.8. The van der Waals surface area contributed by atoms with Gasteiger partial charge in [-0.3, -0.25) is 13.9 Å². The molecule has 0 bridgehead atoms. The molecule has 1 atom stereocenters. The quantitative estimate of drug-likeness (QED) is 0.234. The smallest absolute Gasteiger partial charge is 0.264 e. The Hall–Kier alpha value is -2.63. The molecule has 1 saturated carbocycles. The lowest BCUT2D eigenvalue weighted by molar-refractivity contribution is -0.140. The van der Waals surface area contributed by atoms with Gasteiger partial charge in [0.15, 0.2) is 0 Å². The van der Waals surface area contributed by atoms with Crippen LogP contribution in [0.2, 0.25) is 5.02 Å². The zero-order valence-electron chi connectivity index (χ0n) is 23.0. The second-order valence-electron chi connectivity index (χ2n) is 10.2. The molecular weight excluding hydrogens is 673 g/mol. The summed E-state index contributed by atoms with van der Waals surface area (Å²) in [5.74, 6) is -0.683. The molecule has 1 aliphatic carbocycles. The zero-order valence-corrected chi connectivity index (χ0v) is 26.7. The van der Waals surface area contributed by atoms with E-state index in [-0.39, 0.29) is 23.4 Å². The molecule has 0 aliphatic heterocycles. The van der Waals surface area contributed by atoms with E-state index in [2.05, 4.69) is 27.9 Å². The summed E-state index contributed by atoms with van der Waals surface area (Å²) in [6.45, 7) is 1.54. The summed E-state index contributed by atoms with van der Waals surface area (Å²) < 4.78 is 29.8. The molecule has 3 aromatic carbocycles. The van der Waals surface area contributed by atoms with Crippen molar-refractivity contribution in [3.05, 3.63) is 93.0 Å². The van der Waals surface area contributed by atoms with Gasteiger partial charge in [0.25, 0.3) is 10.0 Å². The molecule has 1 N–H and O–H groups in total. The molecule has 0 unspecified atom stereocenters. The van der Waals surface area contributed by atoms with Crippen molar-refractivity contribution < 1.29 is 18.0 Å². The predicted octanol–water partition coefficient (Wildman–Crippen LogP) is 6.40. The topological polar surface area (TPSA) is 86.8 Å². The molecule has 1 aliphatic rings. The molecular formula is C31H35ClIN3O4S. The van der Waals surface area contributed by atoms with Gasteiger partial charge in [0.05, 0.1) is 10.6 Å². The normalized spacial score (nSPS) is 14.7. The summed E-state index contributed by atoms with van der Waals surface area (Å²) in [7, 11) is -4.08. The van der Waals surface area contributed by atoms with Crippen molar-refractivity contribution in [1.29, 1.82) is 0 Å². The van der Waals surface area contributed by atoms with E-state index in [1.165, 1.54) is 17.0 Å². The van der Waals surface area contributed by atoms with E-state index in [0.717, 1.165) is 45.5 Å². The van der Waals surface area contributed by atoms with Gasteiger partial charge in [-0.2, -0.15) is 0 Å². The van der Waals surface area contributed by atoms with Crippen molar-refractivity contribution in [2.24, 2.45) is 0 Å². The van der Waals surface area contributed by atoms with Gasteiger partial charge < -0.3 is 10.2 Å². The van der Waals surface area contributed by atoms with Crippen LogP contribution in [0.3, 0.4) is 0 Å². The zero-order chi connectivity index (χ0) is 29.4. The Morgan fingerprint density at radius 2 is 1.59 bits per heavy atom. The average Bonchev–Trinajstić information content (AvgIpc) is 2.98. The summed E-state index contributed by atoms with van der Waals surface area (Å²) in [4.78, 5) is 29.3. The number of hydrogen-bond donors (Lipinski definition) is 1. The van der Waals surface area contributed by atoms with Crippen LogP contribution in [0.1, 0.15) is 51.0 Å². The number of nitrogens with one attached hydrogen (secondary N) is 1. The molecule has 0 spiro atoms. The number of sulfonamides is 1. The number of carbonyl (C=O) groups excluding carboxylic acids is 2. The number of anilines is 1. The van der Waals surface area contributed by atoms with E-state index in [1.807, 2.05) is 19.1 Å². The van der Waals surface area contributed by atoms with Crippen LogP contribution in [0.4, 0.5) is 5.69 Å². The van der Waals surface area contributed by atoms with Crippen LogP contribution < -0.4 is 9.62 Å². The van der Waals surface area contributed by atoms with Gasteiger partial charge in [-0.1, -0.05) is 68.1 Å². The first-order valence-corrected chi connectivity index (χ1v) is 16.8. The molecule has 0 heterocycles. The molecule has 0 saturated heterocycles. The molecule has 0 aromatic heterocycles. The van der Waals surface area contributed by atoms with E-state index < -0.39 is 28.5 Å². The lowest BCUT2D eigenvalue weighted by atomic mass is 9.95. The predicted molar refractivity (Wildman–Crippen MR) is 171 cm³/mol. The largest absolute Gasteiger partial charge is 0.352 e. The van der Waals surface area contributed by atoms with Gasteiger partial charge in [0.2, 0.25) is 11.8 Å². The standard InChI is InChI=1S/C31H35ClIN3O4S/c1-2-29(31(38)34-26-9-5-3-6-10-26)35(21-23-13-15-24(32)16-14-23)30(37)22-36(27-19-17-25(33)18-20-27)41(39,40)28-11-7-4-8-12-28/h4,7-8,11-20,26,29H,2-3,5-6,9-10,21-22H2,1H3,(H,34,38)/t29-/m1/s1. The molecule has 7 nitrogen and oxygen atoms in total. The first-order valence-electron chi connectivity index (χ1n) is 13.9. The van der Waals surface area contributed by atoms with E-state index >= 15 is 0 Å².